The summed E-state index contributed by atoms with van der Waals surface area (Å²) in [4.78, 5) is 27.7. The molecule has 0 atom stereocenters. The molecule has 0 radical (unpaired) electrons. The highest BCUT2D eigenvalue weighted by atomic mass is 32.1. The van der Waals surface area contributed by atoms with Gasteiger partial charge in [-0.1, -0.05) is 26.0 Å². The normalized spacial score (nSPS) is 10.7. The monoisotopic (exact) mass is 318 g/mol. The number of nitrogens with zero attached hydrogens (tertiary/aromatic N) is 1. The molecule has 0 aliphatic heterocycles. The van der Waals surface area contributed by atoms with Gasteiger partial charge in [0.1, 0.15) is 0 Å². The zero-order chi connectivity index (χ0) is 16.1. The smallest absolute Gasteiger partial charge is 0.336 e. The zero-order valence-electron chi connectivity index (χ0n) is 12.5. The first kappa shape index (κ1) is 16.2. The SMILES string of the molecule is CC(C)c1csc(CCNC(=O)c2ccccc2C(=O)O)n1. The van der Waals surface area contributed by atoms with Crippen LogP contribution in [0, 0.1) is 0 Å². The van der Waals surface area contributed by atoms with Crippen LogP contribution in [0.5, 0.6) is 0 Å². The Balaban J connectivity index is 1.94. The second kappa shape index (κ2) is 7.17. The van der Waals surface area contributed by atoms with E-state index < -0.39 is 5.97 Å². The summed E-state index contributed by atoms with van der Waals surface area (Å²) in [7, 11) is 0. The van der Waals surface area contributed by atoms with Gasteiger partial charge >= 0.3 is 5.97 Å². The molecule has 6 heteroatoms. The van der Waals surface area contributed by atoms with Gasteiger partial charge in [-0.3, -0.25) is 4.79 Å². The van der Waals surface area contributed by atoms with Crippen molar-refractivity contribution in [2.75, 3.05) is 6.54 Å². The minimum atomic E-state index is -1.10. The summed E-state index contributed by atoms with van der Waals surface area (Å²) in [6, 6.07) is 6.19. The van der Waals surface area contributed by atoms with Crippen LogP contribution in [-0.4, -0.2) is 28.5 Å². The minimum absolute atomic E-state index is 0.0105. The van der Waals surface area contributed by atoms with Crippen molar-refractivity contribution in [3.05, 3.63) is 51.5 Å². The summed E-state index contributed by atoms with van der Waals surface area (Å²) in [5, 5.41) is 14.8. The maximum Gasteiger partial charge on any atom is 0.336 e. The molecule has 0 fully saturated rings. The van der Waals surface area contributed by atoms with Crippen LogP contribution >= 0.6 is 11.3 Å². The fourth-order valence-electron chi connectivity index (χ4n) is 1.95. The molecular formula is C16H18N2O3S. The molecule has 5 nitrogen and oxygen atoms in total. The molecule has 0 unspecified atom stereocenters. The number of aromatic carboxylic acids is 1. The number of amides is 1. The van der Waals surface area contributed by atoms with E-state index in [1.165, 1.54) is 12.1 Å². The first-order chi connectivity index (χ1) is 10.5. The Morgan fingerprint density at radius 3 is 2.55 bits per heavy atom. The van der Waals surface area contributed by atoms with Crippen molar-refractivity contribution in [1.29, 1.82) is 0 Å². The van der Waals surface area contributed by atoms with Gasteiger partial charge in [-0.2, -0.15) is 0 Å². The van der Waals surface area contributed by atoms with Crippen LogP contribution < -0.4 is 5.32 Å². The van der Waals surface area contributed by atoms with Crippen molar-refractivity contribution < 1.29 is 14.7 Å². The number of carboxylic acid groups (broad SMARTS) is 1. The lowest BCUT2D eigenvalue weighted by Gasteiger charge is -2.06. The van der Waals surface area contributed by atoms with E-state index in [9.17, 15) is 9.59 Å². The van der Waals surface area contributed by atoms with Gasteiger partial charge in [0.15, 0.2) is 0 Å². The average Bonchev–Trinajstić information content (AvgIpc) is 2.96. The van der Waals surface area contributed by atoms with Crippen LogP contribution in [0.1, 0.15) is 51.2 Å². The molecule has 0 saturated heterocycles. The lowest BCUT2D eigenvalue weighted by Crippen LogP contribution is -2.27. The van der Waals surface area contributed by atoms with Crippen LogP contribution in [0.25, 0.3) is 0 Å². The van der Waals surface area contributed by atoms with Gasteiger partial charge in [-0.25, -0.2) is 9.78 Å². The summed E-state index contributed by atoms with van der Waals surface area (Å²) >= 11 is 1.58. The molecule has 0 bridgehead atoms. The van der Waals surface area contributed by atoms with Gasteiger partial charge in [0.2, 0.25) is 0 Å². The molecule has 0 aliphatic rings. The van der Waals surface area contributed by atoms with Gasteiger partial charge in [-0.05, 0) is 18.1 Å². The Bertz CT molecular complexity index is 680. The molecule has 0 saturated carbocycles. The maximum atomic E-state index is 12.1. The van der Waals surface area contributed by atoms with Gasteiger partial charge in [0.05, 0.1) is 21.8 Å². The molecule has 2 aromatic rings. The topological polar surface area (TPSA) is 79.3 Å². The fourth-order valence-corrected chi connectivity index (χ4v) is 2.91. The van der Waals surface area contributed by atoms with E-state index in [1.807, 2.05) is 5.38 Å². The van der Waals surface area contributed by atoms with Crippen molar-refractivity contribution in [3.8, 4) is 0 Å². The second-order valence-corrected chi connectivity index (χ2v) is 6.12. The van der Waals surface area contributed by atoms with Crippen molar-refractivity contribution in [2.24, 2.45) is 0 Å². The molecule has 1 aromatic carbocycles. The highest BCUT2D eigenvalue weighted by Gasteiger charge is 2.15. The summed E-state index contributed by atoms with van der Waals surface area (Å²) in [5.74, 6) is -1.09. The Labute approximate surface area is 133 Å². The van der Waals surface area contributed by atoms with Crippen LogP contribution in [0.15, 0.2) is 29.6 Å². The molecule has 1 heterocycles. The predicted molar refractivity (Wildman–Crippen MR) is 85.6 cm³/mol. The number of hydrogen-bond donors (Lipinski definition) is 2. The molecule has 0 aliphatic carbocycles. The molecule has 0 spiro atoms. The van der Waals surface area contributed by atoms with E-state index in [1.54, 1.807) is 23.5 Å². The number of rotatable bonds is 6. The third-order valence-corrected chi connectivity index (χ3v) is 4.11. The average molecular weight is 318 g/mol. The number of hydrogen-bond acceptors (Lipinski definition) is 4. The molecule has 2 N–H and O–H groups in total. The number of aromatic nitrogens is 1. The predicted octanol–water partition coefficient (Wildman–Crippen LogP) is 2.94. The Morgan fingerprint density at radius 2 is 1.95 bits per heavy atom. The maximum absolute atomic E-state index is 12.1. The summed E-state index contributed by atoms with van der Waals surface area (Å²) < 4.78 is 0. The largest absolute Gasteiger partial charge is 0.478 e. The van der Waals surface area contributed by atoms with Crippen molar-refractivity contribution in [2.45, 2.75) is 26.2 Å². The van der Waals surface area contributed by atoms with Crippen molar-refractivity contribution >= 4 is 23.2 Å². The Kier molecular flexibility index (Phi) is 5.27. The van der Waals surface area contributed by atoms with Crippen LogP contribution in [-0.2, 0) is 6.42 Å². The van der Waals surface area contributed by atoms with E-state index >= 15 is 0 Å². The summed E-state index contributed by atoms with van der Waals surface area (Å²) in [6.07, 6.45) is 0.637. The number of thiazole rings is 1. The van der Waals surface area contributed by atoms with Gasteiger partial charge in [0, 0.05) is 18.3 Å². The quantitative estimate of drug-likeness (QED) is 0.858. The first-order valence-corrected chi connectivity index (χ1v) is 7.92. The standard InChI is InChI=1S/C16H18N2O3S/c1-10(2)13-9-22-14(18-13)7-8-17-15(19)11-5-3-4-6-12(11)16(20)21/h3-6,9-10H,7-8H2,1-2H3,(H,17,19)(H,20,21). The third kappa shape index (κ3) is 3.92. The Hall–Kier alpha value is -2.21. The lowest BCUT2D eigenvalue weighted by molar-refractivity contribution is 0.0691. The molecule has 1 amide bonds. The number of nitrogens with one attached hydrogen (secondary N) is 1. The summed E-state index contributed by atoms with van der Waals surface area (Å²) in [5.41, 5.74) is 1.25. The van der Waals surface area contributed by atoms with Crippen molar-refractivity contribution in [1.82, 2.24) is 10.3 Å². The first-order valence-electron chi connectivity index (χ1n) is 7.04. The fraction of sp³-hybridized carbons (Fsp3) is 0.312. The molecule has 2 rings (SSSR count). The highest BCUT2D eigenvalue weighted by molar-refractivity contribution is 7.09. The third-order valence-electron chi connectivity index (χ3n) is 3.19. The van der Waals surface area contributed by atoms with E-state index in [0.717, 1.165) is 10.7 Å². The van der Waals surface area contributed by atoms with E-state index in [0.29, 0.717) is 18.9 Å². The number of carboxylic acids is 1. The number of carbonyl (C=O) groups excluding carboxylic acids is 1. The van der Waals surface area contributed by atoms with Crippen LogP contribution in [0.3, 0.4) is 0 Å². The van der Waals surface area contributed by atoms with E-state index in [-0.39, 0.29) is 17.0 Å². The number of benzene rings is 1. The molecule has 22 heavy (non-hydrogen) atoms. The van der Waals surface area contributed by atoms with E-state index in [4.69, 9.17) is 5.11 Å². The lowest BCUT2D eigenvalue weighted by atomic mass is 10.1. The Morgan fingerprint density at radius 1 is 1.27 bits per heavy atom. The highest BCUT2D eigenvalue weighted by Crippen LogP contribution is 2.17. The van der Waals surface area contributed by atoms with Crippen molar-refractivity contribution in [3.63, 3.8) is 0 Å². The van der Waals surface area contributed by atoms with Gasteiger partial charge in [-0.15, -0.1) is 11.3 Å². The number of carbonyl (C=O) groups is 2. The zero-order valence-corrected chi connectivity index (χ0v) is 13.3. The van der Waals surface area contributed by atoms with Crippen LogP contribution in [0.2, 0.25) is 0 Å². The van der Waals surface area contributed by atoms with Gasteiger partial charge in [0.25, 0.3) is 5.91 Å². The van der Waals surface area contributed by atoms with Gasteiger partial charge < -0.3 is 10.4 Å². The molecular weight excluding hydrogens is 300 g/mol. The molecule has 116 valence electrons. The van der Waals surface area contributed by atoms with Crippen LogP contribution in [0.4, 0.5) is 0 Å². The second-order valence-electron chi connectivity index (χ2n) is 5.18. The minimum Gasteiger partial charge on any atom is -0.478 e. The molecule has 1 aromatic heterocycles. The van der Waals surface area contributed by atoms with E-state index in [2.05, 4.69) is 24.1 Å². The summed E-state index contributed by atoms with van der Waals surface area (Å²) in [6.45, 7) is 4.60.